The van der Waals surface area contributed by atoms with Crippen LogP contribution in [0.15, 0.2) is 58.1 Å². The zero-order valence-electron chi connectivity index (χ0n) is 14.0. The lowest BCUT2D eigenvalue weighted by Crippen LogP contribution is -2.39. The maximum absolute atomic E-state index is 5.32. The van der Waals surface area contributed by atoms with Crippen molar-refractivity contribution in [2.24, 2.45) is 10.9 Å². The van der Waals surface area contributed by atoms with Gasteiger partial charge in [-0.2, -0.15) is 0 Å². The van der Waals surface area contributed by atoms with Gasteiger partial charge in [-0.05, 0) is 23.6 Å². The minimum absolute atomic E-state index is 0. The van der Waals surface area contributed by atoms with E-state index in [1.807, 2.05) is 12.1 Å². The van der Waals surface area contributed by atoms with Crippen molar-refractivity contribution < 1.29 is 4.42 Å². The molecular formula is C18H26IN3O. The molecule has 0 spiro atoms. The maximum atomic E-state index is 5.32. The second-order valence-electron chi connectivity index (χ2n) is 5.65. The van der Waals surface area contributed by atoms with Gasteiger partial charge in [-0.1, -0.05) is 44.2 Å². The van der Waals surface area contributed by atoms with Gasteiger partial charge in [-0.3, -0.25) is 4.99 Å². The van der Waals surface area contributed by atoms with E-state index in [9.17, 15) is 0 Å². The molecular weight excluding hydrogens is 401 g/mol. The SMILES string of the molecule is CN=C(NCc1ccco1)NCC(c1ccccc1)C(C)C.I. The van der Waals surface area contributed by atoms with Gasteiger partial charge in [0.1, 0.15) is 5.76 Å². The van der Waals surface area contributed by atoms with Crippen LogP contribution in [-0.2, 0) is 6.54 Å². The summed E-state index contributed by atoms with van der Waals surface area (Å²) in [4.78, 5) is 4.27. The molecule has 4 nitrogen and oxygen atoms in total. The molecule has 2 rings (SSSR count). The minimum Gasteiger partial charge on any atom is -0.467 e. The summed E-state index contributed by atoms with van der Waals surface area (Å²) in [5, 5.41) is 6.67. The Morgan fingerprint density at radius 1 is 1.09 bits per heavy atom. The summed E-state index contributed by atoms with van der Waals surface area (Å²) in [6, 6.07) is 14.4. The highest BCUT2D eigenvalue weighted by molar-refractivity contribution is 14.0. The Bertz CT molecular complexity index is 567. The first-order chi connectivity index (χ1) is 10.7. The first-order valence-electron chi connectivity index (χ1n) is 7.72. The van der Waals surface area contributed by atoms with E-state index in [4.69, 9.17) is 4.42 Å². The lowest BCUT2D eigenvalue weighted by Gasteiger charge is -2.23. The van der Waals surface area contributed by atoms with Gasteiger partial charge in [0.15, 0.2) is 5.96 Å². The van der Waals surface area contributed by atoms with Crippen LogP contribution in [0.3, 0.4) is 0 Å². The summed E-state index contributed by atoms with van der Waals surface area (Å²) in [6.07, 6.45) is 1.68. The molecule has 1 unspecified atom stereocenters. The lowest BCUT2D eigenvalue weighted by molar-refractivity contribution is 0.482. The quantitative estimate of drug-likeness (QED) is 0.416. The van der Waals surface area contributed by atoms with E-state index in [0.717, 1.165) is 18.3 Å². The van der Waals surface area contributed by atoms with Crippen LogP contribution in [-0.4, -0.2) is 19.6 Å². The zero-order valence-corrected chi connectivity index (χ0v) is 16.3. The van der Waals surface area contributed by atoms with Gasteiger partial charge < -0.3 is 15.1 Å². The third-order valence-electron chi connectivity index (χ3n) is 3.76. The molecule has 1 atom stereocenters. The molecule has 0 fully saturated rings. The Kier molecular flexibility index (Phi) is 8.76. The summed E-state index contributed by atoms with van der Waals surface area (Å²) in [6.45, 7) is 5.97. The highest BCUT2D eigenvalue weighted by atomic mass is 127. The summed E-state index contributed by atoms with van der Waals surface area (Å²) < 4.78 is 5.32. The molecule has 0 radical (unpaired) electrons. The van der Waals surface area contributed by atoms with Crippen molar-refractivity contribution in [1.82, 2.24) is 10.6 Å². The molecule has 0 saturated heterocycles. The molecule has 0 aliphatic heterocycles. The van der Waals surface area contributed by atoms with Crippen LogP contribution in [0.2, 0.25) is 0 Å². The third kappa shape index (κ3) is 6.25. The Balaban J connectivity index is 0.00000264. The summed E-state index contributed by atoms with van der Waals surface area (Å²) in [7, 11) is 1.78. The molecule has 0 bridgehead atoms. The Labute approximate surface area is 155 Å². The maximum Gasteiger partial charge on any atom is 0.191 e. The monoisotopic (exact) mass is 427 g/mol. The fraction of sp³-hybridized carbons (Fsp3) is 0.389. The van der Waals surface area contributed by atoms with Crippen LogP contribution in [0.5, 0.6) is 0 Å². The Morgan fingerprint density at radius 2 is 1.83 bits per heavy atom. The van der Waals surface area contributed by atoms with E-state index in [2.05, 4.69) is 59.8 Å². The van der Waals surface area contributed by atoms with Crippen molar-refractivity contribution in [2.45, 2.75) is 26.3 Å². The number of nitrogens with one attached hydrogen (secondary N) is 2. The molecule has 2 aromatic rings. The van der Waals surface area contributed by atoms with Crippen LogP contribution in [0.1, 0.15) is 31.1 Å². The molecule has 0 saturated carbocycles. The van der Waals surface area contributed by atoms with E-state index in [1.54, 1.807) is 13.3 Å². The fourth-order valence-corrected chi connectivity index (χ4v) is 2.45. The lowest BCUT2D eigenvalue weighted by atomic mass is 9.88. The van der Waals surface area contributed by atoms with Crippen LogP contribution in [0.25, 0.3) is 0 Å². The van der Waals surface area contributed by atoms with Gasteiger partial charge in [-0.25, -0.2) is 0 Å². The van der Waals surface area contributed by atoms with Gasteiger partial charge in [0, 0.05) is 19.5 Å². The van der Waals surface area contributed by atoms with Crippen molar-refractivity contribution in [3.63, 3.8) is 0 Å². The average molecular weight is 427 g/mol. The number of rotatable bonds is 6. The molecule has 0 aliphatic rings. The Hall–Kier alpha value is -1.50. The van der Waals surface area contributed by atoms with E-state index < -0.39 is 0 Å². The summed E-state index contributed by atoms with van der Waals surface area (Å²) in [5.74, 6) is 2.69. The highest BCUT2D eigenvalue weighted by Crippen LogP contribution is 2.23. The number of nitrogens with zero attached hydrogens (tertiary/aromatic N) is 1. The van der Waals surface area contributed by atoms with E-state index in [1.165, 1.54) is 5.56 Å². The fourth-order valence-electron chi connectivity index (χ4n) is 2.45. The smallest absolute Gasteiger partial charge is 0.191 e. The van der Waals surface area contributed by atoms with Crippen molar-refractivity contribution in [3.8, 4) is 0 Å². The highest BCUT2D eigenvalue weighted by Gasteiger charge is 2.16. The van der Waals surface area contributed by atoms with Crippen molar-refractivity contribution in [3.05, 3.63) is 60.1 Å². The standard InChI is InChI=1S/C18H25N3O.HI/c1-14(2)17(15-8-5-4-6-9-15)13-21-18(19-3)20-12-16-10-7-11-22-16;/h4-11,14,17H,12-13H2,1-3H3,(H2,19,20,21);1H. The largest absolute Gasteiger partial charge is 0.467 e. The van der Waals surface area contributed by atoms with Crippen molar-refractivity contribution in [2.75, 3.05) is 13.6 Å². The Morgan fingerprint density at radius 3 is 2.39 bits per heavy atom. The van der Waals surface area contributed by atoms with E-state index in [-0.39, 0.29) is 24.0 Å². The van der Waals surface area contributed by atoms with Crippen LogP contribution in [0.4, 0.5) is 0 Å². The topological polar surface area (TPSA) is 49.6 Å². The minimum atomic E-state index is 0. The molecule has 0 amide bonds. The molecule has 0 aliphatic carbocycles. The van der Waals surface area contributed by atoms with Gasteiger partial charge in [0.25, 0.3) is 0 Å². The van der Waals surface area contributed by atoms with Crippen LogP contribution < -0.4 is 10.6 Å². The molecule has 126 valence electrons. The number of benzene rings is 1. The van der Waals surface area contributed by atoms with Gasteiger partial charge >= 0.3 is 0 Å². The van der Waals surface area contributed by atoms with Crippen LogP contribution in [0, 0.1) is 5.92 Å². The zero-order chi connectivity index (χ0) is 15.8. The van der Waals surface area contributed by atoms with Crippen molar-refractivity contribution in [1.29, 1.82) is 0 Å². The molecule has 1 aromatic heterocycles. The second-order valence-corrected chi connectivity index (χ2v) is 5.65. The number of halogens is 1. The van der Waals surface area contributed by atoms with Gasteiger partial charge in [-0.15, -0.1) is 24.0 Å². The molecule has 23 heavy (non-hydrogen) atoms. The summed E-state index contributed by atoms with van der Waals surface area (Å²) >= 11 is 0. The number of hydrogen-bond donors (Lipinski definition) is 2. The number of guanidine groups is 1. The summed E-state index contributed by atoms with van der Waals surface area (Å²) in [5.41, 5.74) is 1.35. The first-order valence-corrected chi connectivity index (χ1v) is 7.72. The predicted molar refractivity (Wildman–Crippen MR) is 106 cm³/mol. The number of hydrogen-bond acceptors (Lipinski definition) is 2. The normalized spacial score (nSPS) is 12.6. The molecule has 2 N–H and O–H groups in total. The number of furan rings is 1. The van der Waals surface area contributed by atoms with E-state index in [0.29, 0.717) is 18.4 Å². The van der Waals surface area contributed by atoms with Gasteiger partial charge in [0.2, 0.25) is 0 Å². The average Bonchev–Trinajstić information content (AvgIpc) is 3.04. The predicted octanol–water partition coefficient (Wildman–Crippen LogP) is 4.00. The molecule has 1 heterocycles. The second kappa shape index (κ2) is 10.3. The molecule has 1 aromatic carbocycles. The third-order valence-corrected chi connectivity index (χ3v) is 3.76. The molecule has 5 heteroatoms. The first kappa shape index (κ1) is 19.5. The van der Waals surface area contributed by atoms with Gasteiger partial charge in [0.05, 0.1) is 12.8 Å². The van der Waals surface area contributed by atoms with Crippen molar-refractivity contribution >= 4 is 29.9 Å². The van der Waals surface area contributed by atoms with E-state index >= 15 is 0 Å². The number of aliphatic imine (C=N–C) groups is 1. The van der Waals surface area contributed by atoms with Crippen LogP contribution >= 0.6 is 24.0 Å².